The molecule has 7 heteroatoms. The number of nitrogens with zero attached hydrogens (tertiary/aromatic N) is 1. The molecule has 7 nitrogen and oxygen atoms in total. The summed E-state index contributed by atoms with van der Waals surface area (Å²) in [5.41, 5.74) is 1.95. The van der Waals surface area contributed by atoms with Gasteiger partial charge in [0.15, 0.2) is 6.61 Å². The normalized spacial score (nSPS) is 11.0. The number of esters is 1. The fourth-order valence-electron chi connectivity index (χ4n) is 3.39. The molecule has 0 spiro atoms. The quantitative estimate of drug-likeness (QED) is 0.360. The van der Waals surface area contributed by atoms with Crippen molar-refractivity contribution in [1.82, 2.24) is 4.57 Å². The summed E-state index contributed by atoms with van der Waals surface area (Å²) in [7, 11) is 1.61. The van der Waals surface area contributed by atoms with Gasteiger partial charge < -0.3 is 24.3 Å². The van der Waals surface area contributed by atoms with Crippen molar-refractivity contribution in [2.24, 2.45) is 0 Å². The molecule has 3 rings (SSSR count). The molecule has 0 bridgehead atoms. The van der Waals surface area contributed by atoms with Crippen LogP contribution in [0.15, 0.2) is 36.4 Å². The number of aryl methyl sites for hydroxylation is 1. The van der Waals surface area contributed by atoms with Crippen LogP contribution in [0.2, 0.25) is 0 Å². The van der Waals surface area contributed by atoms with Gasteiger partial charge in [0.2, 0.25) is 5.78 Å². The molecule has 0 aliphatic heterocycles. The smallest absolute Gasteiger partial charge is 0.342 e. The number of fused-ring (bicyclic) bond motifs is 1. The van der Waals surface area contributed by atoms with Crippen molar-refractivity contribution < 1.29 is 29.3 Å². The summed E-state index contributed by atoms with van der Waals surface area (Å²) < 4.78 is 12.2. The molecule has 0 unspecified atom stereocenters. The number of phenolic OH excluding ortho intramolecular Hbond substituents is 2. The summed E-state index contributed by atoms with van der Waals surface area (Å²) >= 11 is 0. The SMILES string of the molecule is COCCn1c(C)cc(C(=O)COC(=O)c2cc(O)c3ccccc3c2O)c1C. The Hall–Kier alpha value is -3.32. The van der Waals surface area contributed by atoms with Crippen LogP contribution in [-0.2, 0) is 16.0 Å². The molecule has 0 aliphatic rings. The Morgan fingerprint density at radius 2 is 1.72 bits per heavy atom. The van der Waals surface area contributed by atoms with Gasteiger partial charge in [-0.2, -0.15) is 0 Å². The van der Waals surface area contributed by atoms with Crippen LogP contribution >= 0.6 is 0 Å². The Kier molecular flexibility index (Phi) is 5.89. The van der Waals surface area contributed by atoms with Crippen LogP contribution in [0.5, 0.6) is 11.5 Å². The van der Waals surface area contributed by atoms with Crippen molar-refractivity contribution in [3.8, 4) is 11.5 Å². The second kappa shape index (κ2) is 8.36. The van der Waals surface area contributed by atoms with E-state index in [4.69, 9.17) is 9.47 Å². The van der Waals surface area contributed by atoms with Crippen LogP contribution in [0, 0.1) is 13.8 Å². The lowest BCUT2D eigenvalue weighted by Crippen LogP contribution is -2.15. The van der Waals surface area contributed by atoms with E-state index in [1.165, 1.54) is 0 Å². The third-order valence-electron chi connectivity index (χ3n) is 4.94. The van der Waals surface area contributed by atoms with E-state index in [2.05, 4.69) is 0 Å². The first-order valence-electron chi connectivity index (χ1n) is 9.14. The summed E-state index contributed by atoms with van der Waals surface area (Å²) in [5.74, 6) is -1.68. The topological polar surface area (TPSA) is 98.0 Å². The zero-order chi connectivity index (χ0) is 21.1. The van der Waals surface area contributed by atoms with E-state index < -0.39 is 12.6 Å². The molecular formula is C22H23NO6. The van der Waals surface area contributed by atoms with Gasteiger partial charge in [0.05, 0.1) is 6.61 Å². The number of carbonyl (C=O) groups is 2. The highest BCUT2D eigenvalue weighted by Crippen LogP contribution is 2.35. The summed E-state index contributed by atoms with van der Waals surface area (Å²) in [6.45, 7) is 4.38. The number of methoxy groups -OCH3 is 1. The van der Waals surface area contributed by atoms with E-state index >= 15 is 0 Å². The maximum absolute atomic E-state index is 12.6. The van der Waals surface area contributed by atoms with Crippen molar-refractivity contribution in [3.05, 3.63) is 58.9 Å². The van der Waals surface area contributed by atoms with Gasteiger partial charge >= 0.3 is 5.97 Å². The number of Topliss-reactive ketones (excluding diaryl/α,β-unsaturated/α-hetero) is 1. The average molecular weight is 397 g/mol. The Labute approximate surface area is 168 Å². The minimum absolute atomic E-state index is 0.154. The number of hydrogen-bond acceptors (Lipinski definition) is 6. The van der Waals surface area contributed by atoms with Crippen molar-refractivity contribution in [2.45, 2.75) is 20.4 Å². The first kappa shape index (κ1) is 20.4. The van der Waals surface area contributed by atoms with Gasteiger partial charge in [-0.15, -0.1) is 0 Å². The van der Waals surface area contributed by atoms with Gasteiger partial charge in [0.1, 0.15) is 17.1 Å². The monoisotopic (exact) mass is 397 g/mol. The average Bonchev–Trinajstić information content (AvgIpc) is 3.00. The van der Waals surface area contributed by atoms with Gasteiger partial charge in [-0.05, 0) is 26.0 Å². The standard InChI is InChI=1S/C22H23NO6/c1-13-10-17(14(2)23(13)8-9-28-3)20(25)12-29-22(27)18-11-19(24)15-6-4-5-7-16(15)21(18)26/h4-7,10-11,24,26H,8-9,12H2,1-3H3. The lowest BCUT2D eigenvalue weighted by atomic mass is 10.0. The highest BCUT2D eigenvalue weighted by molar-refractivity contribution is 6.05. The second-order valence-electron chi connectivity index (χ2n) is 6.77. The van der Waals surface area contributed by atoms with Crippen molar-refractivity contribution >= 4 is 22.5 Å². The Morgan fingerprint density at radius 3 is 2.41 bits per heavy atom. The summed E-state index contributed by atoms with van der Waals surface area (Å²) in [6, 6.07) is 9.49. The van der Waals surface area contributed by atoms with Crippen LogP contribution in [0.4, 0.5) is 0 Å². The van der Waals surface area contributed by atoms with E-state index in [9.17, 15) is 19.8 Å². The van der Waals surface area contributed by atoms with Gasteiger partial charge in [0, 0.05) is 41.4 Å². The molecule has 152 valence electrons. The van der Waals surface area contributed by atoms with E-state index in [-0.39, 0.29) is 22.8 Å². The first-order valence-corrected chi connectivity index (χ1v) is 9.14. The molecule has 1 heterocycles. The molecule has 2 aromatic carbocycles. The Morgan fingerprint density at radius 1 is 1.03 bits per heavy atom. The number of ketones is 1. The number of aromatic nitrogens is 1. The molecule has 0 radical (unpaired) electrons. The number of aromatic hydroxyl groups is 2. The highest BCUT2D eigenvalue weighted by Gasteiger charge is 2.21. The Balaban J connectivity index is 1.77. The largest absolute Gasteiger partial charge is 0.507 e. The van der Waals surface area contributed by atoms with Crippen molar-refractivity contribution in [1.29, 1.82) is 0 Å². The second-order valence-corrected chi connectivity index (χ2v) is 6.77. The number of rotatable bonds is 7. The molecule has 0 aliphatic carbocycles. The van der Waals surface area contributed by atoms with Gasteiger partial charge in [0.25, 0.3) is 0 Å². The van der Waals surface area contributed by atoms with Crippen molar-refractivity contribution in [2.75, 3.05) is 20.3 Å². The van der Waals surface area contributed by atoms with Crippen molar-refractivity contribution in [3.63, 3.8) is 0 Å². The predicted octanol–water partition coefficient (Wildman–Crippen LogP) is 3.36. The van der Waals surface area contributed by atoms with Gasteiger partial charge in [-0.3, -0.25) is 4.79 Å². The fraction of sp³-hybridized carbons (Fsp3) is 0.273. The number of hydrogen-bond donors (Lipinski definition) is 2. The third kappa shape index (κ3) is 3.95. The molecule has 0 saturated carbocycles. The number of phenols is 2. The van der Waals surface area contributed by atoms with Crippen LogP contribution in [0.3, 0.4) is 0 Å². The molecular weight excluding hydrogens is 374 g/mol. The lowest BCUT2D eigenvalue weighted by Gasteiger charge is -2.10. The Bertz CT molecular complexity index is 1080. The summed E-state index contributed by atoms with van der Waals surface area (Å²) in [4.78, 5) is 25.0. The zero-order valence-electron chi connectivity index (χ0n) is 16.6. The van der Waals surface area contributed by atoms with Gasteiger partial charge in [-0.25, -0.2) is 4.79 Å². The number of benzene rings is 2. The molecule has 0 amide bonds. The predicted molar refractivity (Wildman–Crippen MR) is 108 cm³/mol. The molecule has 2 N–H and O–H groups in total. The molecule has 0 fully saturated rings. The summed E-state index contributed by atoms with van der Waals surface area (Å²) in [5, 5.41) is 21.2. The maximum Gasteiger partial charge on any atom is 0.342 e. The van der Waals surface area contributed by atoms with E-state index in [1.807, 2.05) is 18.4 Å². The van der Waals surface area contributed by atoms with E-state index in [0.717, 1.165) is 17.5 Å². The highest BCUT2D eigenvalue weighted by atomic mass is 16.5. The zero-order valence-corrected chi connectivity index (χ0v) is 16.6. The molecule has 3 aromatic rings. The summed E-state index contributed by atoms with van der Waals surface area (Å²) in [6.07, 6.45) is 0. The van der Waals surface area contributed by atoms with E-state index in [0.29, 0.717) is 29.5 Å². The van der Waals surface area contributed by atoms with Crippen LogP contribution in [0.1, 0.15) is 32.1 Å². The number of ether oxygens (including phenoxy) is 2. The van der Waals surface area contributed by atoms with Crippen LogP contribution in [-0.4, -0.2) is 46.9 Å². The lowest BCUT2D eigenvalue weighted by molar-refractivity contribution is 0.0471. The fourth-order valence-corrected chi connectivity index (χ4v) is 3.39. The maximum atomic E-state index is 12.6. The molecule has 0 atom stereocenters. The molecule has 0 saturated heterocycles. The minimum atomic E-state index is -0.884. The third-order valence-corrected chi connectivity index (χ3v) is 4.94. The molecule has 1 aromatic heterocycles. The van der Waals surface area contributed by atoms with Crippen LogP contribution < -0.4 is 0 Å². The molecule has 29 heavy (non-hydrogen) atoms. The van der Waals surface area contributed by atoms with Crippen LogP contribution in [0.25, 0.3) is 10.8 Å². The number of carbonyl (C=O) groups excluding carboxylic acids is 2. The first-order chi connectivity index (χ1) is 13.8. The van der Waals surface area contributed by atoms with Gasteiger partial charge in [-0.1, -0.05) is 24.3 Å². The van der Waals surface area contributed by atoms with E-state index in [1.54, 1.807) is 37.4 Å². The minimum Gasteiger partial charge on any atom is -0.507 e.